The fraction of sp³-hybridized carbons (Fsp3) is 0.167. The molecule has 4 rings (SSSR count). The van der Waals surface area contributed by atoms with E-state index in [-0.39, 0.29) is 28.4 Å². The van der Waals surface area contributed by atoms with Crippen molar-refractivity contribution in [2.24, 2.45) is 4.99 Å². The Balaban J connectivity index is 1.98. The molecule has 0 bridgehead atoms. The van der Waals surface area contributed by atoms with Crippen molar-refractivity contribution in [3.8, 4) is 0 Å². The topological polar surface area (TPSA) is 81.8 Å². The summed E-state index contributed by atoms with van der Waals surface area (Å²) in [6.45, 7) is 1.19. The van der Waals surface area contributed by atoms with E-state index in [4.69, 9.17) is 10.5 Å². The van der Waals surface area contributed by atoms with Gasteiger partial charge in [-0.1, -0.05) is 24.3 Å². The van der Waals surface area contributed by atoms with Gasteiger partial charge in [0, 0.05) is 34.6 Å². The molecule has 2 aromatic rings. The first-order chi connectivity index (χ1) is 11.6. The van der Waals surface area contributed by atoms with Crippen molar-refractivity contribution in [2.45, 2.75) is 11.3 Å². The van der Waals surface area contributed by atoms with E-state index in [1.807, 2.05) is 0 Å². The van der Waals surface area contributed by atoms with Gasteiger partial charge < -0.3 is 10.5 Å². The highest BCUT2D eigenvalue weighted by Crippen LogP contribution is 2.37. The van der Waals surface area contributed by atoms with E-state index in [1.165, 1.54) is 0 Å². The van der Waals surface area contributed by atoms with Gasteiger partial charge in [-0.15, -0.1) is 12.6 Å². The quantitative estimate of drug-likeness (QED) is 0.528. The van der Waals surface area contributed by atoms with E-state index in [9.17, 15) is 9.59 Å². The number of anilines is 1. The second-order valence-electron chi connectivity index (χ2n) is 5.70. The van der Waals surface area contributed by atoms with E-state index in [1.54, 1.807) is 30.3 Å². The van der Waals surface area contributed by atoms with Gasteiger partial charge in [0.05, 0.1) is 23.4 Å². The number of nitrogens with two attached hydrogens (primary N) is 1. The molecule has 0 unspecified atom stereocenters. The molecule has 0 atom stereocenters. The fourth-order valence-electron chi connectivity index (χ4n) is 3.10. The SMILES string of the molecule is Nc1c(C2=NCCCO2)cc(S)c2c1C(=O)c1ccccc1C2=O. The molecule has 0 saturated heterocycles. The molecule has 6 heteroatoms. The van der Waals surface area contributed by atoms with Crippen molar-refractivity contribution in [3.05, 3.63) is 58.1 Å². The van der Waals surface area contributed by atoms with E-state index in [2.05, 4.69) is 17.6 Å². The number of carbonyl (C=O) groups excluding carboxylic acids is 2. The molecular weight excluding hydrogens is 324 g/mol. The number of nitrogens with zero attached hydrogens (tertiary/aromatic N) is 1. The van der Waals surface area contributed by atoms with Crippen molar-refractivity contribution < 1.29 is 14.3 Å². The highest BCUT2D eigenvalue weighted by Gasteiger charge is 2.34. The van der Waals surface area contributed by atoms with E-state index in [0.29, 0.717) is 40.6 Å². The Labute approximate surface area is 143 Å². The number of hydrogen-bond donors (Lipinski definition) is 2. The summed E-state index contributed by atoms with van der Waals surface area (Å²) in [6.07, 6.45) is 0.840. The Morgan fingerprint density at radius 1 is 1.04 bits per heavy atom. The lowest BCUT2D eigenvalue weighted by atomic mass is 9.82. The lowest BCUT2D eigenvalue weighted by molar-refractivity contribution is 0.0977. The Kier molecular flexibility index (Phi) is 3.42. The highest BCUT2D eigenvalue weighted by atomic mass is 32.1. The third kappa shape index (κ3) is 2.06. The summed E-state index contributed by atoms with van der Waals surface area (Å²) >= 11 is 4.42. The number of benzene rings is 2. The van der Waals surface area contributed by atoms with Crippen LogP contribution in [0.5, 0.6) is 0 Å². The van der Waals surface area contributed by atoms with Crippen molar-refractivity contribution >= 4 is 35.8 Å². The number of hydrogen-bond acceptors (Lipinski definition) is 6. The molecule has 0 saturated carbocycles. The molecule has 0 radical (unpaired) electrons. The van der Waals surface area contributed by atoms with Crippen LogP contribution < -0.4 is 5.73 Å². The minimum atomic E-state index is -0.272. The second-order valence-corrected chi connectivity index (χ2v) is 6.18. The fourth-order valence-corrected chi connectivity index (χ4v) is 3.44. The van der Waals surface area contributed by atoms with Crippen molar-refractivity contribution in [1.82, 2.24) is 0 Å². The van der Waals surface area contributed by atoms with Crippen LogP contribution in [0.1, 0.15) is 43.8 Å². The number of ketones is 2. The zero-order valence-corrected chi connectivity index (χ0v) is 13.6. The van der Waals surface area contributed by atoms with Crippen LogP contribution in [0.2, 0.25) is 0 Å². The van der Waals surface area contributed by atoms with Gasteiger partial charge in [-0.3, -0.25) is 14.6 Å². The number of aliphatic imine (C=N–C) groups is 1. The van der Waals surface area contributed by atoms with E-state index < -0.39 is 0 Å². The minimum Gasteiger partial charge on any atom is -0.477 e. The molecule has 24 heavy (non-hydrogen) atoms. The zero-order valence-electron chi connectivity index (χ0n) is 12.7. The number of nitrogen functional groups attached to an aromatic ring is 1. The predicted octanol–water partition coefficient (Wildman–Crippen LogP) is 2.50. The summed E-state index contributed by atoms with van der Waals surface area (Å²) in [7, 11) is 0. The number of rotatable bonds is 1. The van der Waals surface area contributed by atoms with E-state index >= 15 is 0 Å². The smallest absolute Gasteiger partial charge is 0.218 e. The zero-order chi connectivity index (χ0) is 16.8. The molecule has 2 aliphatic rings. The summed E-state index contributed by atoms with van der Waals surface area (Å²) in [5.41, 5.74) is 8.16. The van der Waals surface area contributed by atoms with Crippen LogP contribution in [0.3, 0.4) is 0 Å². The van der Waals surface area contributed by atoms with Gasteiger partial charge in [-0.25, -0.2) is 0 Å². The molecular formula is C18H14N2O3S. The van der Waals surface area contributed by atoms with Crippen LogP contribution in [0.4, 0.5) is 5.69 Å². The number of ether oxygens (including phenoxy) is 1. The summed E-state index contributed by atoms with van der Waals surface area (Å²) in [5, 5.41) is 0. The Bertz CT molecular complexity index is 934. The number of carbonyl (C=O) groups is 2. The lowest BCUT2D eigenvalue weighted by Gasteiger charge is -2.23. The highest BCUT2D eigenvalue weighted by molar-refractivity contribution is 7.80. The van der Waals surface area contributed by atoms with Crippen LogP contribution >= 0.6 is 12.6 Å². The summed E-state index contributed by atoms with van der Waals surface area (Å²) in [4.78, 5) is 30.4. The maximum atomic E-state index is 12.9. The molecule has 2 aromatic carbocycles. The third-order valence-corrected chi connectivity index (χ3v) is 4.60. The van der Waals surface area contributed by atoms with Gasteiger partial charge in [0.1, 0.15) is 0 Å². The first kappa shape index (κ1) is 15.0. The molecule has 5 nitrogen and oxygen atoms in total. The van der Waals surface area contributed by atoms with E-state index in [0.717, 1.165) is 6.42 Å². The van der Waals surface area contributed by atoms with Crippen LogP contribution in [0, 0.1) is 0 Å². The molecule has 0 aromatic heterocycles. The largest absolute Gasteiger partial charge is 0.477 e. The minimum absolute atomic E-state index is 0.193. The maximum Gasteiger partial charge on any atom is 0.218 e. The standard InChI is InChI=1S/C18H14N2O3S/c19-15-11(18-20-6-3-7-23-18)8-12(24)13-14(15)17(22)10-5-2-1-4-9(10)16(13)21/h1-2,4-5,8,24H,3,6-7,19H2. The predicted molar refractivity (Wildman–Crippen MR) is 93.4 cm³/mol. The molecule has 1 aliphatic carbocycles. The number of thiol groups is 1. The monoisotopic (exact) mass is 338 g/mol. The van der Waals surface area contributed by atoms with Crippen molar-refractivity contribution in [3.63, 3.8) is 0 Å². The molecule has 1 aliphatic heterocycles. The average Bonchev–Trinajstić information content (AvgIpc) is 2.62. The second kappa shape index (κ2) is 5.49. The van der Waals surface area contributed by atoms with Crippen LogP contribution in [0.15, 0.2) is 40.2 Å². The van der Waals surface area contributed by atoms with Crippen molar-refractivity contribution in [2.75, 3.05) is 18.9 Å². The molecule has 0 fully saturated rings. The maximum absolute atomic E-state index is 12.9. The van der Waals surface area contributed by atoms with Gasteiger partial charge in [0.15, 0.2) is 11.6 Å². The van der Waals surface area contributed by atoms with Crippen molar-refractivity contribution in [1.29, 1.82) is 0 Å². The molecule has 0 amide bonds. The van der Waals surface area contributed by atoms with Crippen LogP contribution in [-0.4, -0.2) is 30.6 Å². The lowest BCUT2D eigenvalue weighted by Crippen LogP contribution is -2.25. The summed E-state index contributed by atoms with van der Waals surface area (Å²) in [6, 6.07) is 8.39. The molecule has 1 heterocycles. The van der Waals surface area contributed by atoms with Gasteiger partial charge in [-0.05, 0) is 6.07 Å². The Hall–Kier alpha value is -2.60. The molecule has 0 spiro atoms. The first-order valence-electron chi connectivity index (χ1n) is 7.61. The Morgan fingerprint density at radius 3 is 2.33 bits per heavy atom. The van der Waals surface area contributed by atoms with Gasteiger partial charge in [0.2, 0.25) is 5.90 Å². The third-order valence-electron chi connectivity index (χ3n) is 4.24. The van der Waals surface area contributed by atoms with Gasteiger partial charge in [-0.2, -0.15) is 0 Å². The van der Waals surface area contributed by atoms with Gasteiger partial charge >= 0.3 is 0 Å². The summed E-state index contributed by atoms with van der Waals surface area (Å²) < 4.78 is 5.56. The molecule has 120 valence electrons. The normalized spacial score (nSPS) is 16.1. The summed E-state index contributed by atoms with van der Waals surface area (Å²) in [5.74, 6) is -0.114. The van der Waals surface area contributed by atoms with Gasteiger partial charge in [0.25, 0.3) is 0 Å². The van der Waals surface area contributed by atoms with Crippen LogP contribution in [-0.2, 0) is 4.74 Å². The average molecular weight is 338 g/mol. The number of fused-ring (bicyclic) bond motifs is 2. The first-order valence-corrected chi connectivity index (χ1v) is 8.06. The van der Waals surface area contributed by atoms with Crippen LogP contribution in [0.25, 0.3) is 0 Å². The molecule has 2 N–H and O–H groups in total. The Morgan fingerprint density at radius 2 is 1.71 bits per heavy atom.